The van der Waals surface area contributed by atoms with Crippen LogP contribution in [-0.4, -0.2) is 47.0 Å². The van der Waals surface area contributed by atoms with Crippen LogP contribution in [0, 0.1) is 0 Å². The molecule has 0 atom stereocenters. The van der Waals surface area contributed by atoms with Crippen LogP contribution < -0.4 is 11.2 Å². The van der Waals surface area contributed by atoms with E-state index in [0.29, 0.717) is 0 Å². The molecule has 41 heavy (non-hydrogen) atoms. The van der Waals surface area contributed by atoms with Gasteiger partial charge in [0.15, 0.2) is 5.82 Å². The number of sulfonamides is 1. The van der Waals surface area contributed by atoms with Gasteiger partial charge in [-0.2, -0.15) is 4.31 Å². The first-order valence-corrected chi connectivity index (χ1v) is 14.9. The maximum absolute atomic E-state index is 13.5. The molecule has 0 radical (unpaired) electrons. The number of nitrogens with one attached hydrogen (secondary N) is 1. The van der Waals surface area contributed by atoms with Crippen molar-refractivity contribution < 1.29 is 18.3 Å². The van der Waals surface area contributed by atoms with E-state index in [1.807, 2.05) is 66.7 Å². The Kier molecular flexibility index (Phi) is 8.55. The number of primary amides is 1. The second-order valence-corrected chi connectivity index (χ2v) is 12.0. The number of carbonyl (C=O) groups is 1. The first kappa shape index (κ1) is 28.6. The van der Waals surface area contributed by atoms with E-state index in [2.05, 4.69) is 10.4 Å². The summed E-state index contributed by atoms with van der Waals surface area (Å²) in [4.78, 5) is 17.0. The van der Waals surface area contributed by atoms with Crippen LogP contribution in [0.2, 0.25) is 5.02 Å². The summed E-state index contributed by atoms with van der Waals surface area (Å²) in [5.74, 6) is 0.0698. The van der Waals surface area contributed by atoms with Crippen molar-refractivity contribution in [3.8, 4) is 0 Å². The van der Waals surface area contributed by atoms with Crippen molar-refractivity contribution in [1.29, 1.82) is 0 Å². The number of hydrogen-bond donors (Lipinski definition) is 3. The quantitative estimate of drug-likeness (QED) is 0.246. The number of anilines is 1. The maximum Gasteiger partial charge on any atom is 0.334 e. The Hall–Kier alpha value is -3.96. The van der Waals surface area contributed by atoms with E-state index in [-0.39, 0.29) is 35.4 Å². The Morgan fingerprint density at radius 2 is 1.56 bits per heavy atom. The number of halogens is 1. The number of carbonyl (C=O) groups excluding carboxylic acids is 1. The number of rotatable bonds is 9. The number of fused-ring (bicyclic) bond motifs is 2. The van der Waals surface area contributed by atoms with Gasteiger partial charge in [-0.1, -0.05) is 90.5 Å². The molecule has 1 heterocycles. The summed E-state index contributed by atoms with van der Waals surface area (Å²) >= 11 is 6.56. The van der Waals surface area contributed by atoms with Crippen LogP contribution in [0.4, 0.5) is 10.6 Å². The van der Waals surface area contributed by atoms with E-state index in [1.54, 1.807) is 12.1 Å². The molecule has 3 aromatic carbocycles. The van der Waals surface area contributed by atoms with Gasteiger partial charge in [0.2, 0.25) is 10.0 Å². The summed E-state index contributed by atoms with van der Waals surface area (Å²) < 4.78 is 28.1. The number of aliphatic hydroxyl groups is 1. The van der Waals surface area contributed by atoms with E-state index in [0.717, 1.165) is 45.0 Å². The average Bonchev–Trinajstić information content (AvgIpc) is 3.14. The Morgan fingerprint density at radius 1 is 0.976 bits per heavy atom. The van der Waals surface area contributed by atoms with Crippen LogP contribution >= 0.6 is 11.6 Å². The van der Waals surface area contributed by atoms with Crippen LogP contribution in [0.25, 0.3) is 0 Å². The standard InChI is InChI=1S/C30H30ClN5O4S/c31-27-18-24(41(39,40)35(16-17-37)20-21-8-2-1-3-9-21)19-33-29(27)34-36(30(32)38)28-25-12-6-4-10-22(25)14-15-23-11-5-7-13-26(23)28/h1-13,18-19,28,37H,14-17,20H2,(H2,32,38)(H,33,34). The monoisotopic (exact) mass is 591 g/mol. The van der Waals surface area contributed by atoms with Gasteiger partial charge in [0.05, 0.1) is 11.6 Å². The summed E-state index contributed by atoms with van der Waals surface area (Å²) in [6, 6.07) is 24.8. The molecule has 1 aliphatic carbocycles. The minimum Gasteiger partial charge on any atom is -0.395 e. The zero-order chi connectivity index (χ0) is 29.0. The molecule has 0 saturated carbocycles. The van der Waals surface area contributed by atoms with E-state index in [1.165, 1.54) is 17.3 Å². The van der Waals surface area contributed by atoms with Gasteiger partial charge in [-0.15, -0.1) is 0 Å². The lowest BCUT2D eigenvalue weighted by Crippen LogP contribution is -2.44. The van der Waals surface area contributed by atoms with E-state index in [4.69, 9.17) is 17.3 Å². The second-order valence-electron chi connectivity index (χ2n) is 9.67. The number of aliphatic hydroxyl groups excluding tert-OH is 1. The van der Waals surface area contributed by atoms with E-state index in [9.17, 15) is 18.3 Å². The van der Waals surface area contributed by atoms with Crippen LogP contribution in [0.15, 0.2) is 96.0 Å². The highest BCUT2D eigenvalue weighted by atomic mass is 35.5. The Morgan fingerprint density at radius 3 is 2.12 bits per heavy atom. The SMILES string of the molecule is NC(=O)N(Nc1ncc(S(=O)(=O)N(CCO)Cc2ccccc2)cc1Cl)C1c2ccccc2CCc2ccccc21. The number of nitrogens with zero attached hydrogens (tertiary/aromatic N) is 3. The minimum absolute atomic E-state index is 0.0174. The highest BCUT2D eigenvalue weighted by molar-refractivity contribution is 7.89. The van der Waals surface area contributed by atoms with E-state index >= 15 is 0 Å². The topological polar surface area (TPSA) is 129 Å². The fourth-order valence-electron chi connectivity index (χ4n) is 5.11. The van der Waals surface area contributed by atoms with Crippen molar-refractivity contribution in [2.45, 2.75) is 30.3 Å². The van der Waals surface area contributed by atoms with E-state index < -0.39 is 22.1 Å². The molecule has 0 saturated heterocycles. The third-order valence-corrected chi connectivity index (χ3v) is 9.19. The van der Waals surface area contributed by atoms with Crippen LogP contribution in [0.5, 0.6) is 0 Å². The third-order valence-electron chi connectivity index (χ3n) is 7.09. The first-order chi connectivity index (χ1) is 19.8. The molecule has 2 amide bonds. The Balaban J connectivity index is 1.48. The highest BCUT2D eigenvalue weighted by Crippen LogP contribution is 2.37. The molecule has 0 aliphatic heterocycles. The minimum atomic E-state index is -4.06. The second kappa shape index (κ2) is 12.3. The van der Waals surface area contributed by atoms with Gasteiger partial charge >= 0.3 is 6.03 Å². The molecule has 9 nitrogen and oxygen atoms in total. The first-order valence-electron chi connectivity index (χ1n) is 13.1. The largest absolute Gasteiger partial charge is 0.395 e. The smallest absolute Gasteiger partial charge is 0.334 e. The highest BCUT2D eigenvalue weighted by Gasteiger charge is 2.32. The molecule has 4 aromatic rings. The number of benzene rings is 3. The average molecular weight is 592 g/mol. The molecule has 0 bridgehead atoms. The summed E-state index contributed by atoms with van der Waals surface area (Å²) in [7, 11) is -4.06. The van der Waals surface area contributed by atoms with Gasteiger partial charge in [-0.05, 0) is 46.7 Å². The number of pyridine rings is 1. The van der Waals surface area contributed by atoms with Crippen LogP contribution in [0.3, 0.4) is 0 Å². The summed E-state index contributed by atoms with van der Waals surface area (Å²) in [6.45, 7) is -0.396. The van der Waals surface area contributed by atoms with Crippen LogP contribution in [-0.2, 0) is 29.4 Å². The normalized spacial score (nSPS) is 13.2. The van der Waals surface area contributed by atoms with Gasteiger partial charge in [-0.3, -0.25) is 5.43 Å². The molecule has 1 aliphatic rings. The fraction of sp³-hybridized carbons (Fsp3) is 0.200. The molecule has 11 heteroatoms. The zero-order valence-electron chi connectivity index (χ0n) is 22.2. The lowest BCUT2D eigenvalue weighted by atomic mass is 9.94. The number of aromatic nitrogens is 1. The number of amides is 2. The number of nitrogens with two attached hydrogens (primary N) is 1. The molecule has 5 rings (SSSR count). The molecular weight excluding hydrogens is 562 g/mol. The Labute approximate surface area is 244 Å². The molecular formula is C30H30ClN5O4S. The van der Waals surface area contributed by atoms with Gasteiger partial charge in [0, 0.05) is 19.3 Å². The molecule has 0 spiro atoms. The predicted molar refractivity (Wildman–Crippen MR) is 158 cm³/mol. The lowest BCUT2D eigenvalue weighted by Gasteiger charge is -2.33. The number of aryl methyl sites for hydroxylation is 2. The zero-order valence-corrected chi connectivity index (χ0v) is 23.7. The molecule has 4 N–H and O–H groups in total. The van der Waals surface area contributed by atoms with Crippen molar-refractivity contribution in [2.24, 2.45) is 5.73 Å². The Bertz CT molecular complexity index is 1600. The van der Waals surface area contributed by atoms with Gasteiger partial charge < -0.3 is 10.8 Å². The number of urea groups is 1. The van der Waals surface area contributed by atoms with Gasteiger partial charge in [0.1, 0.15) is 10.9 Å². The number of hydrogen-bond acceptors (Lipinski definition) is 6. The van der Waals surface area contributed by atoms with Crippen molar-refractivity contribution >= 4 is 33.5 Å². The molecule has 212 valence electrons. The molecule has 0 unspecified atom stereocenters. The number of hydrazine groups is 1. The summed E-state index contributed by atoms with van der Waals surface area (Å²) in [6.07, 6.45) is 2.78. The summed E-state index contributed by atoms with van der Waals surface area (Å²) in [5, 5.41) is 10.8. The predicted octanol–water partition coefficient (Wildman–Crippen LogP) is 4.51. The molecule has 1 aromatic heterocycles. The maximum atomic E-state index is 13.5. The third kappa shape index (κ3) is 6.06. The van der Waals surface area contributed by atoms with Gasteiger partial charge in [0.25, 0.3) is 0 Å². The molecule has 0 fully saturated rings. The van der Waals surface area contributed by atoms with Crippen molar-refractivity contribution in [1.82, 2.24) is 14.3 Å². The summed E-state index contributed by atoms with van der Waals surface area (Å²) in [5.41, 5.74) is 13.6. The lowest BCUT2D eigenvalue weighted by molar-refractivity contribution is 0.207. The van der Waals surface area contributed by atoms with Crippen molar-refractivity contribution in [3.05, 3.63) is 124 Å². The van der Waals surface area contributed by atoms with Crippen molar-refractivity contribution in [2.75, 3.05) is 18.6 Å². The fourth-order valence-corrected chi connectivity index (χ4v) is 6.77. The van der Waals surface area contributed by atoms with Crippen molar-refractivity contribution in [3.63, 3.8) is 0 Å². The van der Waals surface area contributed by atoms with Gasteiger partial charge in [-0.25, -0.2) is 23.2 Å². The van der Waals surface area contributed by atoms with Crippen LogP contribution in [0.1, 0.15) is 33.9 Å².